The molecule has 5 rings (SSSR count). The van der Waals surface area contributed by atoms with Gasteiger partial charge in [-0.3, -0.25) is 34.4 Å². The van der Waals surface area contributed by atoms with E-state index in [1.807, 2.05) is 77.9 Å². The summed E-state index contributed by atoms with van der Waals surface area (Å²) in [6.45, 7) is 39.2. The first-order valence-corrected chi connectivity index (χ1v) is 38.2. The van der Waals surface area contributed by atoms with Gasteiger partial charge < -0.3 is 25.5 Å². The second kappa shape index (κ2) is 62.0. The molecule has 556 valence electrons. The van der Waals surface area contributed by atoms with Gasteiger partial charge in [-0.05, 0) is 204 Å². The molecule has 0 aliphatic heterocycles. The summed E-state index contributed by atoms with van der Waals surface area (Å²) >= 11 is 2.20. The van der Waals surface area contributed by atoms with Crippen molar-refractivity contribution in [3.05, 3.63) is 146 Å². The quantitative estimate of drug-likeness (QED) is 0.01000. The Kier molecular flexibility index (Phi) is 63.8. The Morgan fingerprint density at radius 1 is 0.469 bits per heavy atom. The summed E-state index contributed by atoms with van der Waals surface area (Å²) < 4.78 is 7.72. The number of pyridine rings is 2. The number of aliphatic imine (C=N–C) groups is 4. The van der Waals surface area contributed by atoms with Gasteiger partial charge in [-0.2, -0.15) is 0 Å². The van der Waals surface area contributed by atoms with Crippen molar-refractivity contribution < 1.29 is 111 Å². The van der Waals surface area contributed by atoms with Gasteiger partial charge >= 0.3 is 17.9 Å². The molecule has 0 amide bonds. The molecule has 14 nitrogen and oxygen atoms in total. The number of aliphatic carboxylic acids is 3. The van der Waals surface area contributed by atoms with Crippen molar-refractivity contribution in [2.24, 2.45) is 31.8 Å². The van der Waals surface area contributed by atoms with Gasteiger partial charge in [0.2, 0.25) is 0 Å². The van der Waals surface area contributed by atoms with Crippen molar-refractivity contribution in [2.75, 3.05) is 14.1 Å². The van der Waals surface area contributed by atoms with Crippen LogP contribution >= 0.6 is 28.2 Å². The van der Waals surface area contributed by atoms with Gasteiger partial charge in [0.25, 0.3) is 0 Å². The molecule has 3 unspecified atom stereocenters. The topological polar surface area (TPSA) is 228 Å². The molecule has 0 aliphatic carbocycles. The largest absolute Gasteiger partial charge is 0.481 e. The summed E-state index contributed by atoms with van der Waals surface area (Å²) in [7, 11) is 3.54. The van der Waals surface area contributed by atoms with E-state index in [0.29, 0.717) is 12.8 Å². The maximum absolute atomic E-state index is 10.4. The first-order chi connectivity index (χ1) is 45.3. The number of rotatable bonds is 29. The van der Waals surface area contributed by atoms with E-state index >= 15 is 0 Å². The first kappa shape index (κ1) is 101. The van der Waals surface area contributed by atoms with Crippen molar-refractivity contribution in [1.29, 1.82) is 1.28 Å². The Bertz CT molecular complexity index is 2990. The Balaban J connectivity index is -0.000000367. The van der Waals surface area contributed by atoms with Crippen LogP contribution in [0.15, 0.2) is 92.8 Å². The number of aryl methyl sites for hydroxylation is 9. The second-order valence-corrected chi connectivity index (χ2v) is 26.6. The van der Waals surface area contributed by atoms with Crippen LogP contribution in [0, 0.1) is 112 Å². The van der Waals surface area contributed by atoms with Gasteiger partial charge in [-0.25, -0.2) is 9.97 Å². The third kappa shape index (κ3) is 46.8. The Morgan fingerprint density at radius 2 is 0.765 bits per heavy atom. The summed E-state index contributed by atoms with van der Waals surface area (Å²) in [5.74, 6) is -2.18. The van der Waals surface area contributed by atoms with Crippen LogP contribution in [-0.2, 0) is 47.9 Å². The summed E-state index contributed by atoms with van der Waals surface area (Å²) in [4.78, 5) is 58.2. The number of aromatic nitrogens is 2. The van der Waals surface area contributed by atoms with Crippen molar-refractivity contribution in [2.45, 2.75) is 266 Å². The van der Waals surface area contributed by atoms with E-state index in [-0.39, 0.29) is 83.1 Å². The SMILES string of the molecule is CC(=Nc1c(C)cc(C)cc1C)c1cccc(C(C)=Nc2c(C)cc(C)cc2C)n1.CCCCC(CC)C(=O)O.CCCCC(CC)C(=O)O.CCCCCCCC(=O)O.CCCCCCCC(O)O.CN=C(C)c1cccc(C(C)=NC)n1.[2H]P(I)c1c(C)cc(C)cc1C.[Ar].[Co].[Co]. The number of halogens is 1. The van der Waals surface area contributed by atoms with Crippen molar-refractivity contribution >= 4 is 85.6 Å². The number of carboxylic acid groups (broad SMARTS) is 3. The van der Waals surface area contributed by atoms with Crippen LogP contribution in [0.2, 0.25) is 0 Å². The normalized spacial score (nSPS) is 12.0. The smallest absolute Gasteiger partial charge is 0.306 e. The second-order valence-electron chi connectivity index (χ2n) is 24.6. The van der Waals surface area contributed by atoms with Crippen LogP contribution in [0.4, 0.5) is 11.4 Å². The number of hydrogen-bond acceptors (Lipinski definition) is 11. The maximum atomic E-state index is 10.4. The van der Waals surface area contributed by atoms with Gasteiger partial charge in [-0.1, -0.05) is 206 Å². The minimum atomic E-state index is -1.10. The molecule has 98 heavy (non-hydrogen) atoms. The molecule has 0 spiro atoms. The van der Waals surface area contributed by atoms with Crippen LogP contribution in [0.5, 0.6) is 0 Å². The summed E-state index contributed by atoms with van der Waals surface area (Å²) in [5.41, 5.74) is 20.4. The molecule has 5 aromatic rings. The van der Waals surface area contributed by atoms with Gasteiger partial charge in [0, 0.05) is 91.8 Å². The third-order valence-electron chi connectivity index (χ3n) is 15.8. The Morgan fingerprint density at radius 3 is 1.03 bits per heavy atom. The average molecular weight is 1600 g/mol. The monoisotopic (exact) mass is 1600 g/mol. The van der Waals surface area contributed by atoms with Crippen LogP contribution in [0.3, 0.4) is 0 Å². The standard InChI is InChI=1S/C27H31N3.C11H15N3.C9H12IP.2C8H16O2.C8H18O2.C8H16O2.Ar.2Co/c1-16-12-18(3)26(19(4)13-16)28-22(7)24-10-9-11-25(30-24)23(8)29-27-20(5)14-17(2)15-21(27)6;1-8(12-3)10-6-5-7-11(14-10)9(2)13-4;1-6-4-7(2)9(11-10)8(3)5-6;2*1-3-5-6-7(4-2)8(9)10;2*1-2-3-4-5-6-7-8(9)10;;;/h9-15H,1-8H3;5-7H,1-4H3;4-5,11H,1-3H3;2*7H,3-6H2,1-2H3,(H,9,10);8-10H,2-7H2,1H3;2-7H2,1H3,(H,9,10);;;/i;;11D;;;;;;;. The van der Waals surface area contributed by atoms with Gasteiger partial charge in [-0.15, -0.1) is 0 Å². The molecule has 3 atom stereocenters. The summed E-state index contributed by atoms with van der Waals surface area (Å²) in [6, 6.07) is 24.9. The van der Waals surface area contributed by atoms with Gasteiger partial charge in [0.05, 0.1) is 70.1 Å². The van der Waals surface area contributed by atoms with Crippen LogP contribution < -0.4 is 5.30 Å². The van der Waals surface area contributed by atoms with E-state index < -0.39 is 30.4 Å². The van der Waals surface area contributed by atoms with Crippen molar-refractivity contribution in [3.8, 4) is 0 Å². The number of nitrogens with zero attached hydrogens (tertiary/aromatic N) is 6. The van der Waals surface area contributed by atoms with Crippen LogP contribution in [0.25, 0.3) is 0 Å². The zero-order chi connectivity index (χ0) is 73.5. The van der Waals surface area contributed by atoms with Crippen molar-refractivity contribution in [3.63, 3.8) is 0 Å². The zero-order valence-electron chi connectivity index (χ0n) is 64.3. The molecule has 3 aromatic carbocycles. The number of benzene rings is 3. The molecule has 19 heteroatoms. The average Bonchev–Trinajstić information content (AvgIpc) is 0.856. The van der Waals surface area contributed by atoms with E-state index in [1.165, 1.54) is 93.9 Å². The van der Waals surface area contributed by atoms with E-state index in [4.69, 9.17) is 41.8 Å². The van der Waals surface area contributed by atoms with Gasteiger partial charge in [0.15, 0.2) is 6.29 Å². The zero-order valence-corrected chi connectivity index (χ0v) is 69.1. The predicted octanol–water partition coefficient (Wildman–Crippen LogP) is 21.1. The first-order valence-electron chi connectivity index (χ1n) is 34.9. The molecule has 0 saturated carbocycles. The minimum Gasteiger partial charge on any atom is -0.481 e. The molecule has 2 heterocycles. The molecule has 2 aromatic heterocycles. The molecule has 0 fully saturated rings. The molecule has 5 N–H and O–H groups in total. The maximum Gasteiger partial charge on any atom is 0.306 e. The van der Waals surface area contributed by atoms with Gasteiger partial charge in [0.1, 0.15) is 0 Å². The molecule has 2 radical (unpaired) electrons. The molecule has 0 aliphatic rings. The number of carboxylic acids is 3. The van der Waals surface area contributed by atoms with E-state index in [9.17, 15) is 14.4 Å². The van der Waals surface area contributed by atoms with Crippen molar-refractivity contribution in [1.82, 2.24) is 9.97 Å². The molecular formula is C79H124ArCo2IN6O8P. The molecular weight excluding hydrogens is 1480 g/mol. The minimum absolute atomic E-state index is 0. The Hall–Kier alpha value is -3.60. The number of unbranched alkanes of at least 4 members (excludes halogenated alkanes) is 10. The van der Waals surface area contributed by atoms with Crippen LogP contribution in [-0.4, -0.2) is 97.9 Å². The molecule has 0 bridgehead atoms. The fourth-order valence-corrected chi connectivity index (χ4v) is 12.8. The fraction of sp³-hybridized carbons (Fsp3) is 0.557. The van der Waals surface area contributed by atoms with E-state index in [1.54, 1.807) is 14.1 Å². The number of hydrogen-bond donors (Lipinski definition) is 5. The number of aliphatic hydroxyl groups is 2. The fourth-order valence-electron chi connectivity index (χ4n) is 10.1. The summed E-state index contributed by atoms with van der Waals surface area (Å²) in [6.07, 6.45) is 17.8. The molecule has 0 saturated heterocycles. The van der Waals surface area contributed by atoms with E-state index in [2.05, 4.69) is 163 Å². The Labute approximate surface area is 659 Å². The van der Waals surface area contributed by atoms with E-state index in [0.717, 1.165) is 134 Å². The van der Waals surface area contributed by atoms with Crippen LogP contribution in [0.1, 0.15) is 271 Å². The predicted molar refractivity (Wildman–Crippen MR) is 417 cm³/mol. The third-order valence-corrected chi connectivity index (χ3v) is 18.1. The number of aliphatic hydroxyl groups excluding tert-OH is 1. The number of carbonyl (C=O) groups is 3. The summed E-state index contributed by atoms with van der Waals surface area (Å²) in [5, 5.41) is 43.6.